The van der Waals surface area contributed by atoms with Crippen molar-refractivity contribution in [3.05, 3.63) is 59.1 Å². The third-order valence-electron chi connectivity index (χ3n) is 4.14. The van der Waals surface area contributed by atoms with Crippen LogP contribution in [0.15, 0.2) is 48.5 Å². The number of halogens is 1. The topological polar surface area (TPSA) is 70.7 Å². The van der Waals surface area contributed by atoms with Crippen LogP contribution in [0.5, 0.6) is 5.75 Å². The van der Waals surface area contributed by atoms with E-state index in [2.05, 4.69) is 10.6 Å². The van der Waals surface area contributed by atoms with Crippen LogP contribution in [0.2, 0.25) is 5.02 Å². The molecule has 0 spiro atoms. The van der Waals surface area contributed by atoms with Gasteiger partial charge in [-0.2, -0.15) is 0 Å². The Kier molecular flexibility index (Phi) is 6.19. The first kappa shape index (κ1) is 19.0. The van der Waals surface area contributed by atoms with E-state index in [1.165, 1.54) is 4.90 Å². The second-order valence-electron chi connectivity index (χ2n) is 6.48. The first-order valence-electron chi connectivity index (χ1n) is 8.82. The van der Waals surface area contributed by atoms with Crippen molar-refractivity contribution >= 4 is 29.2 Å². The summed E-state index contributed by atoms with van der Waals surface area (Å²) < 4.78 is 5.59. The summed E-state index contributed by atoms with van der Waals surface area (Å²) in [6.45, 7) is 0.770. The van der Waals surface area contributed by atoms with Crippen molar-refractivity contribution < 1.29 is 14.3 Å². The number of anilines is 1. The number of benzene rings is 2. The van der Waals surface area contributed by atoms with E-state index < -0.39 is 0 Å². The summed E-state index contributed by atoms with van der Waals surface area (Å²) in [6.07, 6.45) is 2.07. The minimum Gasteiger partial charge on any atom is -0.492 e. The van der Waals surface area contributed by atoms with Crippen LogP contribution < -0.4 is 15.4 Å². The van der Waals surface area contributed by atoms with Gasteiger partial charge in [-0.1, -0.05) is 17.7 Å². The van der Waals surface area contributed by atoms with Crippen LogP contribution in [0, 0.1) is 0 Å². The molecular formula is C20H22ClN3O3. The molecule has 2 aromatic rings. The Hall–Kier alpha value is -2.73. The van der Waals surface area contributed by atoms with Crippen molar-refractivity contribution in [2.45, 2.75) is 18.9 Å². The number of amides is 3. The molecule has 6 nitrogen and oxygen atoms in total. The number of hydrogen-bond acceptors (Lipinski definition) is 3. The molecule has 3 rings (SSSR count). The number of rotatable bonds is 7. The summed E-state index contributed by atoms with van der Waals surface area (Å²) in [6, 6.07) is 14.0. The Bertz CT molecular complexity index is 806. The van der Waals surface area contributed by atoms with Gasteiger partial charge in [0, 0.05) is 29.4 Å². The average molecular weight is 388 g/mol. The molecule has 1 fully saturated rings. The summed E-state index contributed by atoms with van der Waals surface area (Å²) in [7, 11) is 1.68. The number of nitrogens with one attached hydrogen (secondary N) is 2. The third-order valence-corrected chi connectivity index (χ3v) is 4.40. The molecule has 0 aromatic heterocycles. The largest absolute Gasteiger partial charge is 0.492 e. The van der Waals surface area contributed by atoms with E-state index in [1.807, 2.05) is 0 Å². The van der Waals surface area contributed by atoms with Crippen LogP contribution in [-0.2, 0) is 0 Å². The average Bonchev–Trinajstić information content (AvgIpc) is 3.47. The minimum absolute atomic E-state index is 0.113. The van der Waals surface area contributed by atoms with Crippen molar-refractivity contribution in [1.82, 2.24) is 10.2 Å². The molecule has 7 heteroatoms. The highest BCUT2D eigenvalue weighted by Crippen LogP contribution is 2.20. The molecule has 0 aliphatic heterocycles. The molecule has 0 heterocycles. The molecule has 0 bridgehead atoms. The molecule has 0 radical (unpaired) electrons. The summed E-state index contributed by atoms with van der Waals surface area (Å²) in [5, 5.41) is 6.37. The lowest BCUT2D eigenvalue weighted by atomic mass is 10.2. The number of ether oxygens (including phenoxy) is 1. The third kappa shape index (κ3) is 5.89. The number of nitrogens with zero attached hydrogens (tertiary/aromatic N) is 1. The number of hydrogen-bond donors (Lipinski definition) is 2. The Balaban J connectivity index is 1.47. The van der Waals surface area contributed by atoms with Crippen molar-refractivity contribution in [3.63, 3.8) is 0 Å². The van der Waals surface area contributed by atoms with E-state index >= 15 is 0 Å². The molecule has 0 atom stereocenters. The summed E-state index contributed by atoms with van der Waals surface area (Å²) in [5.74, 6) is 0.584. The summed E-state index contributed by atoms with van der Waals surface area (Å²) in [4.78, 5) is 25.9. The lowest BCUT2D eigenvalue weighted by molar-refractivity contribution is 0.0951. The van der Waals surface area contributed by atoms with E-state index in [-0.39, 0.29) is 11.9 Å². The maximum atomic E-state index is 12.3. The van der Waals surface area contributed by atoms with Gasteiger partial charge in [0.15, 0.2) is 0 Å². The number of carbonyl (C=O) groups excluding carboxylic acids is 2. The van der Waals surface area contributed by atoms with Crippen LogP contribution in [-0.4, -0.2) is 43.1 Å². The maximum absolute atomic E-state index is 12.3. The summed E-state index contributed by atoms with van der Waals surface area (Å²) >= 11 is 5.83. The Morgan fingerprint density at radius 2 is 1.93 bits per heavy atom. The van der Waals surface area contributed by atoms with E-state index in [0.717, 1.165) is 12.8 Å². The molecule has 27 heavy (non-hydrogen) atoms. The zero-order valence-corrected chi connectivity index (χ0v) is 15.8. The molecule has 2 aromatic carbocycles. The van der Waals surface area contributed by atoms with Crippen LogP contribution in [0.25, 0.3) is 0 Å². The molecular weight excluding hydrogens is 366 g/mol. The Morgan fingerprint density at radius 3 is 2.63 bits per heavy atom. The van der Waals surface area contributed by atoms with Gasteiger partial charge >= 0.3 is 6.03 Å². The SMILES string of the molecule is CN(CCOc1ccc(Cl)cc1)C(=O)Nc1cccc(C(=O)NC2CC2)c1. The van der Waals surface area contributed by atoms with Crippen LogP contribution >= 0.6 is 11.6 Å². The lowest BCUT2D eigenvalue weighted by Gasteiger charge is -2.18. The molecule has 0 saturated heterocycles. The minimum atomic E-state index is -0.269. The normalized spacial score (nSPS) is 13.0. The first-order chi connectivity index (χ1) is 13.0. The lowest BCUT2D eigenvalue weighted by Crippen LogP contribution is -2.34. The number of carbonyl (C=O) groups is 2. The predicted octanol–water partition coefficient (Wildman–Crippen LogP) is 3.77. The molecule has 1 aliphatic rings. The Morgan fingerprint density at radius 1 is 1.19 bits per heavy atom. The number of urea groups is 1. The van der Waals surface area contributed by atoms with Gasteiger partial charge in [0.2, 0.25) is 0 Å². The number of likely N-dealkylation sites (N-methyl/N-ethyl adjacent to an activating group) is 1. The fourth-order valence-electron chi connectivity index (χ4n) is 2.39. The smallest absolute Gasteiger partial charge is 0.321 e. The van der Waals surface area contributed by atoms with Gasteiger partial charge in [0.1, 0.15) is 12.4 Å². The maximum Gasteiger partial charge on any atom is 0.321 e. The van der Waals surface area contributed by atoms with Gasteiger partial charge in [0.05, 0.1) is 6.54 Å². The first-order valence-corrected chi connectivity index (χ1v) is 9.20. The van der Waals surface area contributed by atoms with Gasteiger partial charge in [-0.3, -0.25) is 4.79 Å². The molecule has 3 amide bonds. The van der Waals surface area contributed by atoms with Gasteiger partial charge in [-0.15, -0.1) is 0 Å². The van der Waals surface area contributed by atoms with Crippen LogP contribution in [0.1, 0.15) is 23.2 Å². The van der Waals surface area contributed by atoms with E-state index in [1.54, 1.807) is 55.6 Å². The zero-order chi connectivity index (χ0) is 19.2. The Labute approximate surface area is 163 Å². The molecule has 1 saturated carbocycles. The van der Waals surface area contributed by atoms with E-state index in [0.29, 0.717) is 41.2 Å². The van der Waals surface area contributed by atoms with Crippen molar-refractivity contribution in [2.24, 2.45) is 0 Å². The standard InChI is InChI=1S/C20H22ClN3O3/c1-24(11-12-27-18-9-5-15(21)6-10-18)20(26)23-17-4-2-3-14(13-17)19(25)22-16-7-8-16/h2-6,9-10,13,16H,7-8,11-12H2,1H3,(H,22,25)(H,23,26). The van der Waals surface area contributed by atoms with Crippen molar-refractivity contribution in [1.29, 1.82) is 0 Å². The predicted molar refractivity (Wildman–Crippen MR) is 106 cm³/mol. The van der Waals surface area contributed by atoms with Gasteiger partial charge in [-0.25, -0.2) is 4.79 Å². The quantitative estimate of drug-likeness (QED) is 0.759. The van der Waals surface area contributed by atoms with Crippen LogP contribution in [0.3, 0.4) is 0 Å². The highest BCUT2D eigenvalue weighted by atomic mass is 35.5. The monoisotopic (exact) mass is 387 g/mol. The highest BCUT2D eigenvalue weighted by molar-refractivity contribution is 6.30. The van der Waals surface area contributed by atoms with Crippen molar-refractivity contribution in [2.75, 3.05) is 25.5 Å². The van der Waals surface area contributed by atoms with Gasteiger partial charge in [0.25, 0.3) is 5.91 Å². The fraction of sp³-hybridized carbons (Fsp3) is 0.300. The molecule has 2 N–H and O–H groups in total. The highest BCUT2D eigenvalue weighted by Gasteiger charge is 2.23. The fourth-order valence-corrected chi connectivity index (χ4v) is 2.51. The molecule has 142 valence electrons. The molecule has 1 aliphatic carbocycles. The molecule has 0 unspecified atom stereocenters. The summed E-state index contributed by atoms with van der Waals surface area (Å²) in [5.41, 5.74) is 1.11. The van der Waals surface area contributed by atoms with Gasteiger partial charge < -0.3 is 20.3 Å². The zero-order valence-electron chi connectivity index (χ0n) is 15.1. The van der Waals surface area contributed by atoms with E-state index in [4.69, 9.17) is 16.3 Å². The van der Waals surface area contributed by atoms with E-state index in [9.17, 15) is 9.59 Å². The van der Waals surface area contributed by atoms with Crippen LogP contribution in [0.4, 0.5) is 10.5 Å². The van der Waals surface area contributed by atoms with Gasteiger partial charge in [-0.05, 0) is 55.3 Å². The second-order valence-corrected chi connectivity index (χ2v) is 6.92. The second kappa shape index (κ2) is 8.77. The van der Waals surface area contributed by atoms with Crippen molar-refractivity contribution in [3.8, 4) is 5.75 Å².